The number of nitrogens with one attached hydrogen (secondary N) is 1. The van der Waals surface area contributed by atoms with Crippen LogP contribution in [0.25, 0.3) is 11.4 Å². The maximum absolute atomic E-state index is 12.9. The van der Waals surface area contributed by atoms with Gasteiger partial charge in [-0.25, -0.2) is 4.68 Å². The van der Waals surface area contributed by atoms with E-state index in [-0.39, 0.29) is 11.8 Å². The standard InChI is InChI=1S/C24H24N4O3/c1-14-6-4-7-15(12-14)22-21-17(8-5-9-18(21)29)25-24-26-23(27-28(22)24)16-10-11-19(30-2)20(13-16)31-3/h4,6-7,10-13,22H,5,8-9H2,1-3H3,(H,25,26,27). The number of carbonyl (C=O) groups is 1. The number of nitrogens with zero attached hydrogens (tertiary/aromatic N) is 3. The van der Waals surface area contributed by atoms with E-state index in [0.717, 1.165) is 40.8 Å². The average molecular weight is 416 g/mol. The number of aryl methyl sites for hydroxylation is 1. The number of ether oxygens (including phenoxy) is 2. The van der Waals surface area contributed by atoms with Crippen molar-refractivity contribution >= 4 is 11.7 Å². The Morgan fingerprint density at radius 2 is 1.90 bits per heavy atom. The number of hydrogen-bond acceptors (Lipinski definition) is 6. The van der Waals surface area contributed by atoms with Gasteiger partial charge in [-0.1, -0.05) is 29.8 Å². The molecule has 1 aliphatic carbocycles. The zero-order chi connectivity index (χ0) is 21.5. The fourth-order valence-electron chi connectivity index (χ4n) is 4.40. The lowest BCUT2D eigenvalue weighted by atomic mass is 9.85. The van der Waals surface area contributed by atoms with Crippen LogP contribution in [0.5, 0.6) is 11.5 Å². The first-order valence-electron chi connectivity index (χ1n) is 10.4. The van der Waals surface area contributed by atoms with Crippen LogP contribution in [0.3, 0.4) is 0 Å². The number of anilines is 1. The molecule has 0 fully saturated rings. The predicted octanol–water partition coefficient (Wildman–Crippen LogP) is 4.29. The summed E-state index contributed by atoms with van der Waals surface area (Å²) in [7, 11) is 3.21. The molecule has 1 aromatic heterocycles. The lowest BCUT2D eigenvalue weighted by Gasteiger charge is -2.32. The van der Waals surface area contributed by atoms with Gasteiger partial charge in [-0.2, -0.15) is 4.98 Å². The summed E-state index contributed by atoms with van der Waals surface area (Å²) in [5.41, 5.74) is 4.75. The number of methoxy groups -OCH3 is 2. The zero-order valence-corrected chi connectivity index (χ0v) is 17.8. The van der Waals surface area contributed by atoms with Gasteiger partial charge in [-0.3, -0.25) is 4.79 Å². The van der Waals surface area contributed by atoms with Crippen molar-refractivity contribution in [2.45, 2.75) is 32.2 Å². The molecule has 31 heavy (non-hydrogen) atoms. The average Bonchev–Trinajstić information content (AvgIpc) is 3.21. The van der Waals surface area contributed by atoms with Crippen molar-refractivity contribution in [1.29, 1.82) is 0 Å². The Balaban J connectivity index is 1.65. The molecular weight excluding hydrogens is 392 g/mol. The second kappa shape index (κ2) is 7.58. The van der Waals surface area contributed by atoms with Gasteiger partial charge in [0.25, 0.3) is 0 Å². The molecule has 3 aromatic rings. The molecule has 0 bridgehead atoms. The van der Waals surface area contributed by atoms with Crippen LogP contribution in [0.4, 0.5) is 5.95 Å². The molecule has 0 amide bonds. The van der Waals surface area contributed by atoms with E-state index in [1.807, 2.05) is 28.9 Å². The molecule has 1 N–H and O–H groups in total. The second-order valence-electron chi connectivity index (χ2n) is 7.88. The monoisotopic (exact) mass is 416 g/mol. The van der Waals surface area contributed by atoms with Gasteiger partial charge in [0.05, 0.1) is 14.2 Å². The van der Waals surface area contributed by atoms with Crippen molar-refractivity contribution < 1.29 is 14.3 Å². The van der Waals surface area contributed by atoms with Crippen LogP contribution in [-0.4, -0.2) is 34.8 Å². The number of hydrogen-bond donors (Lipinski definition) is 1. The molecule has 1 atom stereocenters. The summed E-state index contributed by atoms with van der Waals surface area (Å²) < 4.78 is 12.6. The molecule has 1 unspecified atom stereocenters. The number of carbonyl (C=O) groups excluding carboxylic acids is 1. The number of fused-ring (bicyclic) bond motifs is 1. The molecule has 7 heteroatoms. The summed E-state index contributed by atoms with van der Waals surface area (Å²) in [6.07, 6.45) is 2.25. The quantitative estimate of drug-likeness (QED) is 0.684. The first-order valence-corrected chi connectivity index (χ1v) is 10.4. The Hall–Kier alpha value is -3.61. The van der Waals surface area contributed by atoms with Gasteiger partial charge in [0.2, 0.25) is 5.95 Å². The van der Waals surface area contributed by atoms with Crippen LogP contribution in [0.1, 0.15) is 36.4 Å². The summed E-state index contributed by atoms with van der Waals surface area (Å²) in [5, 5.41) is 8.20. The van der Waals surface area contributed by atoms with E-state index in [1.165, 1.54) is 0 Å². The Morgan fingerprint density at radius 1 is 1.06 bits per heavy atom. The Kier molecular flexibility index (Phi) is 4.73. The molecule has 0 radical (unpaired) electrons. The van der Waals surface area contributed by atoms with E-state index >= 15 is 0 Å². The van der Waals surface area contributed by atoms with Crippen molar-refractivity contribution in [1.82, 2.24) is 14.8 Å². The SMILES string of the molecule is COc1ccc(-c2nc3n(n2)C(c2cccc(C)c2)C2=C(CCCC2=O)N3)cc1OC. The highest BCUT2D eigenvalue weighted by molar-refractivity contribution is 5.99. The first kappa shape index (κ1) is 19.4. The van der Waals surface area contributed by atoms with Crippen LogP contribution < -0.4 is 14.8 Å². The van der Waals surface area contributed by atoms with Crippen LogP contribution in [-0.2, 0) is 4.79 Å². The van der Waals surface area contributed by atoms with Crippen LogP contribution >= 0.6 is 0 Å². The molecule has 2 heterocycles. The molecular formula is C24H24N4O3. The van der Waals surface area contributed by atoms with Crippen molar-refractivity contribution in [3.63, 3.8) is 0 Å². The fourth-order valence-corrected chi connectivity index (χ4v) is 4.40. The topological polar surface area (TPSA) is 78.3 Å². The second-order valence-corrected chi connectivity index (χ2v) is 7.88. The summed E-state index contributed by atoms with van der Waals surface area (Å²) in [6, 6.07) is 13.6. The third-order valence-electron chi connectivity index (χ3n) is 5.87. The maximum atomic E-state index is 12.9. The highest BCUT2D eigenvalue weighted by Gasteiger charge is 2.37. The Labute approximate surface area is 180 Å². The highest BCUT2D eigenvalue weighted by Crippen LogP contribution is 2.41. The number of Topliss-reactive ketones (excluding diaryl/α,β-unsaturated/α-hetero) is 1. The van der Waals surface area contributed by atoms with E-state index < -0.39 is 0 Å². The van der Waals surface area contributed by atoms with Gasteiger partial charge >= 0.3 is 0 Å². The van der Waals surface area contributed by atoms with Gasteiger partial charge in [0.15, 0.2) is 23.1 Å². The van der Waals surface area contributed by atoms with Crippen LogP contribution in [0.15, 0.2) is 53.7 Å². The largest absolute Gasteiger partial charge is 0.493 e. The van der Waals surface area contributed by atoms with Crippen molar-refractivity contribution in [2.24, 2.45) is 0 Å². The molecule has 7 nitrogen and oxygen atoms in total. The van der Waals surface area contributed by atoms with Crippen LogP contribution in [0, 0.1) is 6.92 Å². The molecule has 158 valence electrons. The van der Waals surface area contributed by atoms with E-state index in [9.17, 15) is 4.79 Å². The summed E-state index contributed by atoms with van der Waals surface area (Å²) in [4.78, 5) is 17.7. The van der Waals surface area contributed by atoms with Crippen molar-refractivity contribution in [3.8, 4) is 22.9 Å². The lowest BCUT2D eigenvalue weighted by Crippen LogP contribution is -2.31. The molecule has 2 aromatic carbocycles. The molecule has 0 saturated carbocycles. The van der Waals surface area contributed by atoms with E-state index in [4.69, 9.17) is 19.6 Å². The van der Waals surface area contributed by atoms with Crippen molar-refractivity contribution in [2.75, 3.05) is 19.5 Å². The number of rotatable bonds is 4. The summed E-state index contributed by atoms with van der Waals surface area (Å²) in [5.74, 6) is 2.64. The van der Waals surface area contributed by atoms with Gasteiger partial charge in [0.1, 0.15) is 6.04 Å². The smallest absolute Gasteiger partial charge is 0.226 e. The normalized spacial score (nSPS) is 17.6. The van der Waals surface area contributed by atoms with Gasteiger partial charge in [-0.15, -0.1) is 5.10 Å². The highest BCUT2D eigenvalue weighted by atomic mass is 16.5. The van der Waals surface area contributed by atoms with E-state index in [0.29, 0.717) is 29.7 Å². The fraction of sp³-hybridized carbons (Fsp3) is 0.292. The van der Waals surface area contributed by atoms with Gasteiger partial charge < -0.3 is 14.8 Å². The van der Waals surface area contributed by atoms with E-state index in [2.05, 4.69) is 30.4 Å². The third-order valence-corrected chi connectivity index (χ3v) is 5.87. The van der Waals surface area contributed by atoms with Crippen LogP contribution in [0.2, 0.25) is 0 Å². The molecule has 0 saturated heterocycles. The first-order chi connectivity index (χ1) is 15.1. The minimum atomic E-state index is -0.291. The predicted molar refractivity (Wildman–Crippen MR) is 117 cm³/mol. The minimum absolute atomic E-state index is 0.175. The summed E-state index contributed by atoms with van der Waals surface area (Å²) >= 11 is 0. The maximum Gasteiger partial charge on any atom is 0.226 e. The summed E-state index contributed by atoms with van der Waals surface area (Å²) in [6.45, 7) is 2.06. The lowest BCUT2D eigenvalue weighted by molar-refractivity contribution is -0.116. The number of allylic oxidation sites excluding steroid dienone is 2. The molecule has 5 rings (SSSR count). The zero-order valence-electron chi connectivity index (χ0n) is 17.8. The van der Waals surface area contributed by atoms with Crippen molar-refractivity contribution in [3.05, 3.63) is 64.9 Å². The Bertz CT molecular complexity index is 1210. The molecule has 0 spiro atoms. The number of aromatic nitrogens is 3. The third kappa shape index (κ3) is 3.26. The van der Waals surface area contributed by atoms with Gasteiger partial charge in [-0.05, 0) is 43.5 Å². The Morgan fingerprint density at radius 3 is 2.68 bits per heavy atom. The number of ketones is 1. The molecule has 1 aliphatic heterocycles. The minimum Gasteiger partial charge on any atom is -0.493 e. The van der Waals surface area contributed by atoms with Gasteiger partial charge in [0, 0.05) is 23.3 Å². The number of benzene rings is 2. The molecule has 2 aliphatic rings. The van der Waals surface area contributed by atoms with E-state index in [1.54, 1.807) is 14.2 Å².